The zero-order valence-electron chi connectivity index (χ0n) is 9.13. The van der Waals surface area contributed by atoms with Crippen LogP contribution >= 0.6 is 11.6 Å². The van der Waals surface area contributed by atoms with E-state index in [0.29, 0.717) is 18.4 Å². The van der Waals surface area contributed by atoms with E-state index in [9.17, 15) is 4.39 Å². The Morgan fingerprint density at radius 3 is 2.53 bits per heavy atom. The summed E-state index contributed by atoms with van der Waals surface area (Å²) in [6.45, 7) is 4.88. The van der Waals surface area contributed by atoms with Crippen molar-refractivity contribution >= 4 is 11.6 Å². The lowest BCUT2D eigenvalue weighted by Gasteiger charge is -2.18. The molecule has 1 atom stereocenters. The normalized spacial score (nSPS) is 13.2. The van der Waals surface area contributed by atoms with Crippen LogP contribution in [-0.4, -0.2) is 6.54 Å². The smallest absolute Gasteiger partial charge is 0.142 e. The Labute approximate surface area is 95.4 Å². The van der Waals surface area contributed by atoms with Crippen molar-refractivity contribution in [3.63, 3.8) is 0 Å². The van der Waals surface area contributed by atoms with Gasteiger partial charge in [-0.1, -0.05) is 31.5 Å². The molecule has 15 heavy (non-hydrogen) atoms. The zero-order valence-corrected chi connectivity index (χ0v) is 9.89. The molecular weight excluding hydrogens is 213 g/mol. The van der Waals surface area contributed by atoms with Crippen LogP contribution in [-0.2, 0) is 6.42 Å². The molecule has 3 heteroatoms. The molecule has 0 amide bonds. The van der Waals surface area contributed by atoms with Crippen molar-refractivity contribution in [2.75, 3.05) is 6.54 Å². The van der Waals surface area contributed by atoms with Gasteiger partial charge in [-0.2, -0.15) is 0 Å². The molecular formula is C12H17ClFN. The lowest BCUT2D eigenvalue weighted by atomic mass is 9.89. The Hall–Kier alpha value is -0.600. The van der Waals surface area contributed by atoms with Gasteiger partial charge in [0.1, 0.15) is 5.82 Å². The topological polar surface area (TPSA) is 26.0 Å². The van der Waals surface area contributed by atoms with Gasteiger partial charge in [-0.15, -0.1) is 0 Å². The number of nitrogens with two attached hydrogens (primary N) is 1. The highest BCUT2D eigenvalue weighted by atomic mass is 35.5. The molecule has 0 saturated heterocycles. The maximum atomic E-state index is 13.2. The fourth-order valence-electron chi connectivity index (χ4n) is 1.56. The summed E-state index contributed by atoms with van der Waals surface area (Å²) in [5.74, 6) is 0.549. The van der Waals surface area contributed by atoms with E-state index in [0.717, 1.165) is 12.0 Å². The van der Waals surface area contributed by atoms with Crippen LogP contribution in [0.3, 0.4) is 0 Å². The van der Waals surface area contributed by atoms with Crippen LogP contribution in [0.25, 0.3) is 0 Å². The van der Waals surface area contributed by atoms with E-state index < -0.39 is 0 Å². The summed E-state index contributed by atoms with van der Waals surface area (Å²) in [6.07, 6.45) is 0.808. The number of hydrogen-bond acceptors (Lipinski definition) is 1. The van der Waals surface area contributed by atoms with Gasteiger partial charge in [-0.3, -0.25) is 0 Å². The Morgan fingerprint density at radius 1 is 1.40 bits per heavy atom. The molecule has 0 aliphatic rings. The lowest BCUT2D eigenvalue weighted by Crippen LogP contribution is -2.22. The minimum atomic E-state index is -0.353. The summed E-state index contributed by atoms with van der Waals surface area (Å²) in [5.41, 5.74) is 6.63. The van der Waals surface area contributed by atoms with Crippen molar-refractivity contribution in [1.82, 2.24) is 0 Å². The molecule has 0 heterocycles. The molecule has 1 aromatic carbocycles. The van der Waals surface area contributed by atoms with E-state index in [-0.39, 0.29) is 10.8 Å². The summed E-state index contributed by atoms with van der Waals surface area (Å²) in [6, 6.07) is 4.95. The fraction of sp³-hybridized carbons (Fsp3) is 0.500. The SMILES string of the molecule is CC(C)C(CN)Cc1ccc(Cl)c(F)c1. The summed E-state index contributed by atoms with van der Waals surface area (Å²) >= 11 is 5.61. The third-order valence-electron chi connectivity index (χ3n) is 2.73. The molecule has 84 valence electrons. The highest BCUT2D eigenvalue weighted by Gasteiger charge is 2.12. The van der Waals surface area contributed by atoms with E-state index in [1.165, 1.54) is 6.07 Å². The van der Waals surface area contributed by atoms with Crippen LogP contribution < -0.4 is 5.73 Å². The van der Waals surface area contributed by atoms with Crippen molar-refractivity contribution in [2.24, 2.45) is 17.6 Å². The molecule has 1 unspecified atom stereocenters. The number of halogens is 2. The van der Waals surface area contributed by atoms with Gasteiger partial charge in [-0.05, 0) is 42.5 Å². The Morgan fingerprint density at radius 2 is 2.07 bits per heavy atom. The largest absolute Gasteiger partial charge is 0.330 e. The highest BCUT2D eigenvalue weighted by molar-refractivity contribution is 6.30. The van der Waals surface area contributed by atoms with Crippen molar-refractivity contribution in [3.05, 3.63) is 34.6 Å². The maximum Gasteiger partial charge on any atom is 0.142 e. The van der Waals surface area contributed by atoms with Crippen molar-refractivity contribution in [1.29, 1.82) is 0 Å². The van der Waals surface area contributed by atoms with Crippen LogP contribution in [0.5, 0.6) is 0 Å². The van der Waals surface area contributed by atoms with Gasteiger partial charge in [0.2, 0.25) is 0 Å². The highest BCUT2D eigenvalue weighted by Crippen LogP contribution is 2.20. The van der Waals surface area contributed by atoms with Crippen LogP contribution in [0, 0.1) is 17.7 Å². The van der Waals surface area contributed by atoms with Crippen molar-refractivity contribution in [3.8, 4) is 0 Å². The predicted octanol–water partition coefficient (Wildman–Crippen LogP) is 3.25. The van der Waals surface area contributed by atoms with Gasteiger partial charge in [-0.25, -0.2) is 4.39 Å². The molecule has 1 nitrogen and oxygen atoms in total. The molecule has 0 aliphatic heterocycles. The van der Waals surface area contributed by atoms with Crippen LogP contribution in [0.2, 0.25) is 5.02 Å². The lowest BCUT2D eigenvalue weighted by molar-refractivity contribution is 0.391. The second-order valence-electron chi connectivity index (χ2n) is 4.19. The Kier molecular flexibility index (Phi) is 4.55. The molecule has 0 spiro atoms. The minimum Gasteiger partial charge on any atom is -0.330 e. The first-order chi connectivity index (χ1) is 7.04. The van der Waals surface area contributed by atoms with Crippen LogP contribution in [0.4, 0.5) is 4.39 Å². The minimum absolute atomic E-state index is 0.174. The number of benzene rings is 1. The number of hydrogen-bond donors (Lipinski definition) is 1. The van der Waals surface area contributed by atoms with Crippen LogP contribution in [0.1, 0.15) is 19.4 Å². The average Bonchev–Trinajstić information content (AvgIpc) is 2.19. The summed E-state index contributed by atoms with van der Waals surface area (Å²) < 4.78 is 13.2. The first-order valence-electron chi connectivity index (χ1n) is 5.18. The molecule has 1 aromatic rings. The van der Waals surface area contributed by atoms with E-state index in [1.807, 2.05) is 6.07 Å². The third kappa shape index (κ3) is 3.47. The van der Waals surface area contributed by atoms with Gasteiger partial charge >= 0.3 is 0 Å². The van der Waals surface area contributed by atoms with Crippen molar-refractivity contribution < 1.29 is 4.39 Å². The van der Waals surface area contributed by atoms with Gasteiger partial charge in [0, 0.05) is 0 Å². The van der Waals surface area contributed by atoms with Crippen molar-refractivity contribution in [2.45, 2.75) is 20.3 Å². The Balaban J connectivity index is 2.75. The van der Waals surface area contributed by atoms with E-state index in [4.69, 9.17) is 17.3 Å². The summed E-state index contributed by atoms with van der Waals surface area (Å²) in [7, 11) is 0. The first kappa shape index (κ1) is 12.5. The molecule has 0 bridgehead atoms. The standard InChI is InChI=1S/C12H17ClFN/c1-8(2)10(7-15)5-9-3-4-11(13)12(14)6-9/h3-4,6,8,10H,5,7,15H2,1-2H3. The second kappa shape index (κ2) is 5.47. The summed E-state index contributed by atoms with van der Waals surface area (Å²) in [4.78, 5) is 0. The van der Waals surface area contributed by atoms with E-state index >= 15 is 0 Å². The Bertz CT molecular complexity index is 325. The van der Waals surface area contributed by atoms with E-state index in [2.05, 4.69) is 13.8 Å². The number of rotatable bonds is 4. The molecule has 1 rings (SSSR count). The molecule has 0 radical (unpaired) electrons. The molecule has 0 saturated carbocycles. The molecule has 0 aliphatic carbocycles. The monoisotopic (exact) mass is 229 g/mol. The first-order valence-corrected chi connectivity index (χ1v) is 5.56. The van der Waals surface area contributed by atoms with Gasteiger partial charge in [0.15, 0.2) is 0 Å². The molecule has 0 fully saturated rings. The fourth-order valence-corrected chi connectivity index (χ4v) is 1.68. The summed E-state index contributed by atoms with van der Waals surface area (Å²) in [5, 5.41) is 0.174. The predicted molar refractivity (Wildman–Crippen MR) is 62.5 cm³/mol. The molecule has 0 aromatic heterocycles. The van der Waals surface area contributed by atoms with Gasteiger partial charge in [0.05, 0.1) is 5.02 Å². The van der Waals surface area contributed by atoms with E-state index in [1.54, 1.807) is 6.07 Å². The third-order valence-corrected chi connectivity index (χ3v) is 3.03. The second-order valence-corrected chi connectivity index (χ2v) is 4.60. The average molecular weight is 230 g/mol. The van der Waals surface area contributed by atoms with Gasteiger partial charge < -0.3 is 5.73 Å². The molecule has 2 N–H and O–H groups in total. The van der Waals surface area contributed by atoms with Crippen LogP contribution in [0.15, 0.2) is 18.2 Å². The zero-order chi connectivity index (χ0) is 11.4. The van der Waals surface area contributed by atoms with Gasteiger partial charge in [0.25, 0.3) is 0 Å². The quantitative estimate of drug-likeness (QED) is 0.843. The maximum absolute atomic E-state index is 13.2.